The number of aromatic amines is 3. The molecule has 0 radical (unpaired) electrons. The third-order valence-electron chi connectivity index (χ3n) is 18.5. The van der Waals surface area contributed by atoms with Crippen LogP contribution in [0.3, 0.4) is 0 Å². The molecule has 3 aliphatic rings. The van der Waals surface area contributed by atoms with Crippen molar-refractivity contribution in [1.82, 2.24) is 98.3 Å². The van der Waals surface area contributed by atoms with E-state index < -0.39 is 11.7 Å². The van der Waals surface area contributed by atoms with Crippen molar-refractivity contribution < 1.29 is 17.6 Å². The molecular weight excluding hydrogens is 1390 g/mol. The van der Waals surface area contributed by atoms with E-state index in [1.165, 1.54) is 11.6 Å². The number of thiophene rings is 1. The molecule has 0 atom stereocenters. The van der Waals surface area contributed by atoms with Crippen LogP contribution in [0.2, 0.25) is 10.0 Å². The molecule has 4 aromatic carbocycles. The molecule has 14 heterocycles. The zero-order chi connectivity index (χ0) is 71.2. The van der Waals surface area contributed by atoms with Crippen molar-refractivity contribution in [3.8, 4) is 17.1 Å². The third kappa shape index (κ3) is 14.4. The summed E-state index contributed by atoms with van der Waals surface area (Å²) >= 11 is 13.9. The largest absolute Gasteiger partial charge is 0.470 e. The Morgan fingerprint density at radius 1 is 0.519 bits per heavy atom. The second-order valence-corrected chi connectivity index (χ2v) is 27.5. The fourth-order valence-corrected chi connectivity index (χ4v) is 13.7. The Balaban J connectivity index is 0.000000120. The van der Waals surface area contributed by atoms with Gasteiger partial charge in [-0.1, -0.05) is 35.3 Å². The predicted molar refractivity (Wildman–Crippen MR) is 399 cm³/mol. The number of aromatic nitrogens is 18. The number of piperazine rings is 2. The minimum atomic E-state index is -4.42. The number of furan rings is 1. The first-order valence-electron chi connectivity index (χ1n) is 33.8. The highest BCUT2D eigenvalue weighted by atomic mass is 35.5. The topological polar surface area (TPSA) is 308 Å². The van der Waals surface area contributed by atoms with Crippen LogP contribution in [0.4, 0.5) is 48.5 Å². The van der Waals surface area contributed by atoms with Crippen LogP contribution in [0.25, 0.3) is 83.7 Å². The van der Waals surface area contributed by atoms with Crippen LogP contribution in [-0.4, -0.2) is 184 Å². The van der Waals surface area contributed by atoms with Gasteiger partial charge in [-0.3, -0.25) is 13.7 Å². The molecule has 18 rings (SSSR count). The molecule has 0 bridgehead atoms. The van der Waals surface area contributed by atoms with E-state index in [0.29, 0.717) is 86.5 Å². The first kappa shape index (κ1) is 67.5. The Bertz CT molecular complexity index is 5530. The molecule has 104 heavy (non-hydrogen) atoms. The second-order valence-electron chi connectivity index (χ2n) is 25.8. The summed E-state index contributed by atoms with van der Waals surface area (Å²) in [4.78, 5) is 77.5. The van der Waals surface area contributed by atoms with Crippen molar-refractivity contribution in [3.63, 3.8) is 0 Å². The fourth-order valence-electron chi connectivity index (χ4n) is 12.8. The maximum atomic E-state index is 13.1. The maximum Gasteiger partial charge on any atom is 0.416 e. The summed E-state index contributed by atoms with van der Waals surface area (Å²) in [6.45, 7) is 12.0. The van der Waals surface area contributed by atoms with Crippen LogP contribution >= 0.6 is 34.5 Å². The third-order valence-corrected chi connectivity index (χ3v) is 19.7. The molecule has 3 aliphatic heterocycles. The summed E-state index contributed by atoms with van der Waals surface area (Å²) in [5, 5.41) is 15.6. The van der Waals surface area contributed by atoms with Crippen LogP contribution in [0, 0.1) is 6.92 Å². The number of H-pyrrole nitrogens is 3. The van der Waals surface area contributed by atoms with Gasteiger partial charge in [-0.15, -0.1) is 0 Å². The molecule has 34 heteroatoms. The van der Waals surface area contributed by atoms with Gasteiger partial charge in [-0.25, -0.2) is 29.9 Å². The number of likely N-dealkylation sites (N-methyl/N-ethyl adjacent to an activating group) is 2. The standard InChI is InChI=1S/C25H26ClN9.C23H22F3N9O.C22H22ClN9S/c1-16-4-3-5-18(12-16)35-15-28-22-23(27-14-21-29-19-7-6-17(26)13-20(19)30-21)31-25(32-24(22)35)34-10-8-33(2)9-11-34;1-33-5-7-34(8-6-33)22-31-20(19-21(32-22)35(13-28-19)15-4-9-36-12-15)27-11-18-29-16-3-2-14(23(24,25)26)10-17(16)30-18;23-13-1-2-16-17(9-13)28-18(27-16)10-25-20-19-21(32(12-26-19)15-5-8-33-11-15)30-22(29-20)31-6-3-14(24)4-7-31/h3-7,12-13,15H,8-11,14H2,1-2H3,(H,29,30)(H,27,31,32);2-4,9-10,12-13H,5-8,11H2,1H3,(H,29,30)(H,27,31,32);1-2,5,8-9,11-12,14H,3-4,6-7,10,24H2,(H,27,28)(H,25,29,30). The Kier molecular flexibility index (Phi) is 18.6. The first-order valence-corrected chi connectivity index (χ1v) is 35.5. The number of piperidine rings is 1. The number of fused-ring (bicyclic) bond motifs is 6. The molecule has 11 aromatic heterocycles. The van der Waals surface area contributed by atoms with Crippen LogP contribution in [0.5, 0.6) is 0 Å². The number of imidazole rings is 6. The number of hydrogen-bond acceptors (Lipinski definition) is 23. The van der Waals surface area contributed by atoms with E-state index in [0.717, 1.165) is 164 Å². The lowest BCUT2D eigenvalue weighted by atomic mass is 10.1. The number of nitrogens with zero attached hydrogens (tertiary/aromatic N) is 20. The van der Waals surface area contributed by atoms with Crippen LogP contribution in [0.15, 0.2) is 138 Å². The molecule has 532 valence electrons. The Morgan fingerprint density at radius 2 is 0.971 bits per heavy atom. The van der Waals surface area contributed by atoms with E-state index >= 15 is 0 Å². The summed E-state index contributed by atoms with van der Waals surface area (Å²) in [7, 11) is 4.22. The van der Waals surface area contributed by atoms with Gasteiger partial charge in [0.05, 0.1) is 75.9 Å². The van der Waals surface area contributed by atoms with Crippen molar-refractivity contribution in [2.75, 3.05) is 110 Å². The van der Waals surface area contributed by atoms with Gasteiger partial charge in [-0.2, -0.15) is 54.4 Å². The molecule has 28 nitrogen and oxygen atoms in total. The number of rotatable bonds is 15. The fraction of sp³-hybridized carbons (Fsp3) is 0.286. The molecule has 0 saturated carbocycles. The molecule has 0 spiro atoms. The summed E-state index contributed by atoms with van der Waals surface area (Å²) in [6.07, 6.45) is 5.89. The lowest BCUT2D eigenvalue weighted by molar-refractivity contribution is -0.137. The smallest absolute Gasteiger partial charge is 0.416 e. The summed E-state index contributed by atoms with van der Waals surface area (Å²) < 4.78 is 50.3. The number of alkyl halides is 3. The van der Waals surface area contributed by atoms with Gasteiger partial charge in [0, 0.05) is 98.7 Å². The van der Waals surface area contributed by atoms with Gasteiger partial charge in [0.15, 0.2) is 50.9 Å². The maximum absolute atomic E-state index is 13.1. The van der Waals surface area contributed by atoms with E-state index in [2.05, 4.69) is 131 Å². The molecule has 15 aromatic rings. The van der Waals surface area contributed by atoms with Crippen molar-refractivity contribution in [2.45, 2.75) is 51.6 Å². The predicted octanol–water partition coefficient (Wildman–Crippen LogP) is 11.6. The van der Waals surface area contributed by atoms with Crippen LogP contribution in [0.1, 0.15) is 41.4 Å². The van der Waals surface area contributed by atoms with E-state index in [4.69, 9.17) is 68.2 Å². The van der Waals surface area contributed by atoms with Crippen molar-refractivity contribution in [1.29, 1.82) is 0 Å². The zero-order valence-electron chi connectivity index (χ0n) is 56.6. The molecule has 0 amide bonds. The molecular formula is C70H70Cl2F3N27OS. The van der Waals surface area contributed by atoms with Crippen molar-refractivity contribution in [2.24, 2.45) is 5.73 Å². The summed E-state index contributed by atoms with van der Waals surface area (Å²) in [5.41, 5.74) is 17.9. The molecule has 3 fully saturated rings. The monoisotopic (exact) mass is 1460 g/mol. The van der Waals surface area contributed by atoms with Gasteiger partial charge < -0.3 is 65.6 Å². The highest BCUT2D eigenvalue weighted by molar-refractivity contribution is 7.08. The minimum absolute atomic E-state index is 0.211. The van der Waals surface area contributed by atoms with Crippen LogP contribution in [-0.2, 0) is 25.8 Å². The lowest BCUT2D eigenvalue weighted by Crippen LogP contribution is -2.45. The highest BCUT2D eigenvalue weighted by Gasteiger charge is 2.31. The van der Waals surface area contributed by atoms with E-state index in [9.17, 15) is 13.2 Å². The molecule has 3 saturated heterocycles. The number of nitrogens with two attached hydrogens (primary N) is 1. The Labute approximate surface area is 605 Å². The van der Waals surface area contributed by atoms with Crippen molar-refractivity contribution >= 4 is 136 Å². The first-order chi connectivity index (χ1) is 50.5. The van der Waals surface area contributed by atoms with Crippen LogP contribution < -0.4 is 36.4 Å². The number of halogens is 5. The number of anilines is 6. The lowest BCUT2D eigenvalue weighted by Gasteiger charge is -2.32. The van der Waals surface area contributed by atoms with Gasteiger partial charge in [0.2, 0.25) is 17.8 Å². The van der Waals surface area contributed by atoms with Crippen molar-refractivity contribution in [3.05, 3.63) is 172 Å². The van der Waals surface area contributed by atoms with Gasteiger partial charge in [-0.05, 0) is 118 Å². The van der Waals surface area contributed by atoms with Gasteiger partial charge in [0.1, 0.15) is 42.7 Å². The highest BCUT2D eigenvalue weighted by Crippen LogP contribution is 2.34. The molecule has 8 N–H and O–H groups in total. The average molecular weight is 1470 g/mol. The molecule has 0 aliphatic carbocycles. The quantitative estimate of drug-likeness (QED) is 0.0501. The van der Waals surface area contributed by atoms with Gasteiger partial charge >= 0.3 is 6.18 Å². The van der Waals surface area contributed by atoms with E-state index in [1.807, 2.05) is 73.9 Å². The number of aryl methyl sites for hydroxylation is 1. The Morgan fingerprint density at radius 3 is 1.41 bits per heavy atom. The summed E-state index contributed by atoms with van der Waals surface area (Å²) in [6, 6.07) is 27.1. The zero-order valence-corrected chi connectivity index (χ0v) is 58.9. The summed E-state index contributed by atoms with van der Waals surface area (Å²) in [5.74, 6) is 5.91. The minimum Gasteiger partial charge on any atom is -0.470 e. The van der Waals surface area contributed by atoms with Gasteiger partial charge in [0.25, 0.3) is 0 Å². The average Bonchev–Trinajstić information content (AvgIpc) is 1.59. The van der Waals surface area contributed by atoms with E-state index in [1.54, 1.807) is 36.5 Å². The van der Waals surface area contributed by atoms with E-state index in [-0.39, 0.29) is 12.6 Å². The normalized spacial score (nSPS) is 15.0. The number of hydrogen-bond donors (Lipinski definition) is 7. The Hall–Kier alpha value is -11.0. The SMILES string of the molecule is CN1CCN(c2nc(NCc3nc4ccc(C(F)(F)F)cc4[nH]3)c3ncn(-c4ccoc4)c3n2)CC1.Cc1cccc(-n2cnc3c(NCc4nc5ccc(Cl)cc5[nH]4)nc(N4CCN(C)CC4)nc32)c1.NC1CCN(c2nc(NCc3nc4ccc(Cl)cc4[nH]3)c3ncn(-c4ccsc4)c3n2)CC1. The molecule has 0 unspecified atom stereocenters. The number of nitrogens with one attached hydrogen (secondary N) is 6. The number of benzene rings is 4. The second kappa shape index (κ2) is 28.7.